The van der Waals surface area contributed by atoms with Gasteiger partial charge in [-0.1, -0.05) is 30.3 Å². The summed E-state index contributed by atoms with van der Waals surface area (Å²) in [5.41, 5.74) is 3.38. The summed E-state index contributed by atoms with van der Waals surface area (Å²) in [6, 6.07) is 13.1. The Hall–Kier alpha value is -2.36. The molecule has 2 aromatic carbocycles. The average molecular weight is 568 g/mol. The SMILES string of the molecule is CCNC(=NCCCC(=O)N1CCc2ccccc2C1)NC(C)c1ccc(OC)c(F)c1.I. The van der Waals surface area contributed by atoms with Gasteiger partial charge < -0.3 is 20.3 Å². The van der Waals surface area contributed by atoms with Crippen molar-refractivity contribution in [2.75, 3.05) is 26.7 Å². The van der Waals surface area contributed by atoms with Gasteiger partial charge in [0.25, 0.3) is 0 Å². The van der Waals surface area contributed by atoms with Crippen molar-refractivity contribution in [3.8, 4) is 5.75 Å². The van der Waals surface area contributed by atoms with Crippen molar-refractivity contribution in [2.45, 2.75) is 45.7 Å². The Balaban J connectivity index is 0.00000385. The van der Waals surface area contributed by atoms with Crippen molar-refractivity contribution >= 4 is 35.8 Å². The molecule has 0 aromatic heterocycles. The Labute approximate surface area is 213 Å². The minimum Gasteiger partial charge on any atom is -0.494 e. The number of carbonyl (C=O) groups excluding carboxylic acids is 1. The van der Waals surface area contributed by atoms with Crippen molar-refractivity contribution in [1.82, 2.24) is 15.5 Å². The number of rotatable bonds is 8. The lowest BCUT2D eigenvalue weighted by Crippen LogP contribution is -2.39. The molecular formula is C25H34FIN4O2. The first-order valence-electron chi connectivity index (χ1n) is 11.2. The van der Waals surface area contributed by atoms with Crippen LogP contribution in [0.25, 0.3) is 0 Å². The smallest absolute Gasteiger partial charge is 0.222 e. The van der Waals surface area contributed by atoms with Crippen LogP contribution < -0.4 is 15.4 Å². The number of guanidine groups is 1. The van der Waals surface area contributed by atoms with Crippen molar-refractivity contribution in [3.05, 3.63) is 65.0 Å². The van der Waals surface area contributed by atoms with Crippen molar-refractivity contribution in [1.29, 1.82) is 0 Å². The molecule has 2 N–H and O–H groups in total. The second-order valence-electron chi connectivity index (χ2n) is 7.96. The predicted octanol–water partition coefficient (Wildman–Crippen LogP) is 4.43. The third-order valence-corrected chi connectivity index (χ3v) is 5.68. The molecule has 6 nitrogen and oxygen atoms in total. The van der Waals surface area contributed by atoms with Crippen LogP contribution in [0.15, 0.2) is 47.5 Å². The van der Waals surface area contributed by atoms with E-state index in [0.717, 1.165) is 18.5 Å². The van der Waals surface area contributed by atoms with Gasteiger partial charge in [0.2, 0.25) is 5.91 Å². The fourth-order valence-corrected chi connectivity index (χ4v) is 3.85. The second kappa shape index (κ2) is 13.4. The number of amides is 1. The van der Waals surface area contributed by atoms with E-state index < -0.39 is 0 Å². The number of halogens is 2. The van der Waals surface area contributed by atoms with Crippen molar-refractivity contribution < 1.29 is 13.9 Å². The summed E-state index contributed by atoms with van der Waals surface area (Å²) in [6.07, 6.45) is 2.07. The van der Waals surface area contributed by atoms with Crippen LogP contribution in [0.5, 0.6) is 5.75 Å². The Morgan fingerprint density at radius 3 is 2.70 bits per heavy atom. The molecule has 3 rings (SSSR count). The minimum absolute atomic E-state index is 0. The van der Waals surface area contributed by atoms with Crippen LogP contribution in [0.3, 0.4) is 0 Å². The minimum atomic E-state index is -0.389. The lowest BCUT2D eigenvalue weighted by atomic mass is 9.99. The zero-order chi connectivity index (χ0) is 22.9. The summed E-state index contributed by atoms with van der Waals surface area (Å²) in [5, 5.41) is 6.51. The van der Waals surface area contributed by atoms with E-state index in [-0.39, 0.29) is 47.5 Å². The monoisotopic (exact) mass is 568 g/mol. The van der Waals surface area contributed by atoms with E-state index in [9.17, 15) is 9.18 Å². The molecule has 0 saturated heterocycles. The fourth-order valence-electron chi connectivity index (χ4n) is 3.85. The Kier molecular flexibility index (Phi) is 10.9. The highest BCUT2D eigenvalue weighted by molar-refractivity contribution is 14.0. The number of hydrogen-bond acceptors (Lipinski definition) is 3. The van der Waals surface area contributed by atoms with Crippen LogP contribution in [-0.2, 0) is 17.8 Å². The molecule has 0 radical (unpaired) electrons. The highest BCUT2D eigenvalue weighted by Gasteiger charge is 2.19. The van der Waals surface area contributed by atoms with Crippen LogP contribution in [0.1, 0.15) is 49.4 Å². The molecule has 180 valence electrons. The predicted molar refractivity (Wildman–Crippen MR) is 141 cm³/mol. The van der Waals surface area contributed by atoms with Gasteiger partial charge in [-0.2, -0.15) is 0 Å². The lowest BCUT2D eigenvalue weighted by Gasteiger charge is -2.29. The lowest BCUT2D eigenvalue weighted by molar-refractivity contribution is -0.132. The van der Waals surface area contributed by atoms with E-state index in [1.165, 1.54) is 24.3 Å². The van der Waals surface area contributed by atoms with E-state index in [4.69, 9.17) is 4.74 Å². The van der Waals surface area contributed by atoms with Gasteiger partial charge >= 0.3 is 0 Å². The Morgan fingerprint density at radius 2 is 2.00 bits per heavy atom. The van der Waals surface area contributed by atoms with Crippen LogP contribution in [0.2, 0.25) is 0 Å². The van der Waals surface area contributed by atoms with Gasteiger partial charge in [0.1, 0.15) is 0 Å². The third-order valence-electron chi connectivity index (χ3n) is 5.68. The van der Waals surface area contributed by atoms with Crippen LogP contribution >= 0.6 is 24.0 Å². The molecule has 0 spiro atoms. The summed E-state index contributed by atoms with van der Waals surface area (Å²) in [6.45, 7) is 6.66. The Bertz CT molecular complexity index is 954. The van der Waals surface area contributed by atoms with E-state index >= 15 is 0 Å². The van der Waals surface area contributed by atoms with Gasteiger partial charge in [-0.15, -0.1) is 24.0 Å². The van der Waals surface area contributed by atoms with E-state index in [2.05, 4.69) is 33.8 Å². The molecule has 2 aromatic rings. The van der Waals surface area contributed by atoms with Crippen molar-refractivity contribution in [3.63, 3.8) is 0 Å². The molecule has 0 saturated carbocycles. The van der Waals surface area contributed by atoms with Crippen molar-refractivity contribution in [2.24, 2.45) is 4.99 Å². The molecule has 0 aliphatic carbocycles. The zero-order valence-electron chi connectivity index (χ0n) is 19.6. The van der Waals surface area contributed by atoms with E-state index in [1.807, 2.05) is 30.9 Å². The van der Waals surface area contributed by atoms with Crippen LogP contribution in [0, 0.1) is 5.82 Å². The maximum absolute atomic E-state index is 14.0. The number of nitrogens with one attached hydrogen (secondary N) is 2. The van der Waals surface area contributed by atoms with Gasteiger partial charge in [-0.05, 0) is 55.5 Å². The van der Waals surface area contributed by atoms with Gasteiger partial charge in [-0.3, -0.25) is 9.79 Å². The molecule has 1 unspecified atom stereocenters. The fraction of sp³-hybridized carbons (Fsp3) is 0.440. The number of hydrogen-bond donors (Lipinski definition) is 2. The first-order chi connectivity index (χ1) is 15.5. The van der Waals surface area contributed by atoms with Gasteiger partial charge in [-0.25, -0.2) is 4.39 Å². The average Bonchev–Trinajstić information content (AvgIpc) is 2.81. The normalized spacial score (nSPS) is 14.1. The largest absolute Gasteiger partial charge is 0.494 e. The molecule has 1 aliphatic heterocycles. The summed E-state index contributed by atoms with van der Waals surface area (Å²) < 4.78 is 19.0. The van der Waals surface area contributed by atoms with Crippen LogP contribution in [0.4, 0.5) is 4.39 Å². The summed E-state index contributed by atoms with van der Waals surface area (Å²) in [4.78, 5) is 19.2. The number of methoxy groups -OCH3 is 1. The quantitative estimate of drug-likeness (QED) is 0.214. The first kappa shape index (κ1) is 26.9. The second-order valence-corrected chi connectivity index (χ2v) is 7.96. The number of nitrogens with zero attached hydrogens (tertiary/aromatic N) is 2. The number of carbonyl (C=O) groups is 1. The molecular weight excluding hydrogens is 534 g/mol. The van der Waals surface area contributed by atoms with Gasteiger partial charge in [0, 0.05) is 32.6 Å². The topological polar surface area (TPSA) is 66.0 Å². The number of benzene rings is 2. The molecule has 0 fully saturated rings. The van der Waals surface area contributed by atoms with E-state index in [0.29, 0.717) is 38.4 Å². The zero-order valence-corrected chi connectivity index (χ0v) is 21.9. The number of ether oxygens (including phenoxy) is 1. The van der Waals surface area contributed by atoms with E-state index in [1.54, 1.807) is 6.07 Å². The molecule has 1 atom stereocenters. The highest BCUT2D eigenvalue weighted by atomic mass is 127. The molecule has 8 heteroatoms. The summed E-state index contributed by atoms with van der Waals surface area (Å²) in [5.74, 6) is 0.660. The maximum atomic E-state index is 14.0. The van der Waals surface area contributed by atoms with Crippen LogP contribution in [-0.4, -0.2) is 43.5 Å². The highest BCUT2D eigenvalue weighted by Crippen LogP contribution is 2.22. The molecule has 1 aliphatic rings. The third kappa shape index (κ3) is 7.58. The number of aliphatic imine (C=N–C) groups is 1. The number of fused-ring (bicyclic) bond motifs is 1. The van der Waals surface area contributed by atoms with Gasteiger partial charge in [0.15, 0.2) is 17.5 Å². The maximum Gasteiger partial charge on any atom is 0.222 e. The summed E-state index contributed by atoms with van der Waals surface area (Å²) in [7, 11) is 1.45. The first-order valence-corrected chi connectivity index (χ1v) is 11.2. The summed E-state index contributed by atoms with van der Waals surface area (Å²) >= 11 is 0. The Morgan fingerprint density at radius 1 is 1.24 bits per heavy atom. The van der Waals surface area contributed by atoms with Gasteiger partial charge in [0.05, 0.1) is 13.2 Å². The molecule has 0 bridgehead atoms. The molecule has 1 heterocycles. The molecule has 1 amide bonds. The standard InChI is InChI=1S/C25H33FN4O2.HI/c1-4-27-25(29-18(2)20-11-12-23(32-3)22(26)16-20)28-14-7-10-24(31)30-15-13-19-8-5-6-9-21(19)17-30;/h5-6,8-9,11-12,16,18H,4,7,10,13-15,17H2,1-3H3,(H2,27,28,29);1H. The molecule has 33 heavy (non-hydrogen) atoms.